The Kier molecular flexibility index (Phi) is 5.02. The van der Waals surface area contributed by atoms with Crippen LogP contribution >= 0.6 is 0 Å². The molecule has 1 amide bonds. The summed E-state index contributed by atoms with van der Waals surface area (Å²) in [7, 11) is 0. The molecular weight excluding hydrogens is 350 g/mol. The second-order valence-corrected chi connectivity index (χ2v) is 7.35. The van der Waals surface area contributed by atoms with Crippen molar-refractivity contribution in [1.82, 2.24) is 0 Å². The summed E-state index contributed by atoms with van der Waals surface area (Å²) in [4.78, 5) is 13.0. The Morgan fingerprint density at radius 3 is 2.36 bits per heavy atom. The van der Waals surface area contributed by atoms with Gasteiger partial charge in [0.25, 0.3) is 0 Å². The molecule has 3 aromatic rings. The molecular formula is C24H23NO3. The maximum Gasteiger partial charge on any atom is 0.416 e. The van der Waals surface area contributed by atoms with Crippen LogP contribution in [0.15, 0.2) is 72.8 Å². The molecule has 0 saturated carbocycles. The quantitative estimate of drug-likeness (QED) is 0.630. The van der Waals surface area contributed by atoms with Gasteiger partial charge in [-0.2, -0.15) is 0 Å². The van der Waals surface area contributed by atoms with Crippen molar-refractivity contribution in [2.45, 2.75) is 25.7 Å². The first-order chi connectivity index (χ1) is 13.6. The summed E-state index contributed by atoms with van der Waals surface area (Å²) in [5, 5.41) is 19.6. The molecule has 0 heterocycles. The molecule has 0 aliphatic heterocycles. The lowest BCUT2D eigenvalue weighted by Gasteiger charge is -2.25. The van der Waals surface area contributed by atoms with E-state index in [1.54, 1.807) is 18.2 Å². The first-order valence-corrected chi connectivity index (χ1v) is 9.58. The fourth-order valence-corrected chi connectivity index (χ4v) is 4.10. The second-order valence-electron chi connectivity index (χ2n) is 7.35. The average molecular weight is 373 g/mol. The Balaban J connectivity index is 1.49. The monoisotopic (exact) mass is 373 g/mol. The number of carbonyl (C=O) groups is 1. The van der Waals surface area contributed by atoms with E-state index in [-0.39, 0.29) is 0 Å². The smallest absolute Gasteiger partial charge is 0.416 e. The summed E-state index contributed by atoms with van der Waals surface area (Å²) >= 11 is 0. The van der Waals surface area contributed by atoms with E-state index in [2.05, 4.69) is 6.07 Å². The van der Waals surface area contributed by atoms with Crippen LogP contribution in [-0.2, 0) is 19.3 Å². The van der Waals surface area contributed by atoms with Crippen molar-refractivity contribution in [2.75, 3.05) is 4.90 Å². The van der Waals surface area contributed by atoms with Gasteiger partial charge in [-0.25, -0.2) is 9.69 Å². The third-order valence-electron chi connectivity index (χ3n) is 5.48. The highest BCUT2D eigenvalue weighted by molar-refractivity contribution is 5.94. The van der Waals surface area contributed by atoms with Gasteiger partial charge in [-0.3, -0.25) is 0 Å². The van der Waals surface area contributed by atoms with Gasteiger partial charge in [0.2, 0.25) is 0 Å². The van der Waals surface area contributed by atoms with E-state index >= 15 is 0 Å². The zero-order chi connectivity index (χ0) is 19.5. The van der Waals surface area contributed by atoms with Crippen molar-refractivity contribution < 1.29 is 15.0 Å². The van der Waals surface area contributed by atoms with Crippen LogP contribution < -0.4 is 4.90 Å². The molecule has 1 atom stereocenters. The molecule has 0 bridgehead atoms. The first kappa shape index (κ1) is 18.1. The predicted molar refractivity (Wildman–Crippen MR) is 110 cm³/mol. The summed E-state index contributed by atoms with van der Waals surface area (Å²) < 4.78 is 0. The number of benzene rings is 3. The van der Waals surface area contributed by atoms with Gasteiger partial charge in [-0.05, 0) is 78.6 Å². The molecule has 0 saturated heterocycles. The van der Waals surface area contributed by atoms with Crippen LogP contribution in [0.2, 0.25) is 0 Å². The summed E-state index contributed by atoms with van der Waals surface area (Å²) in [6.07, 6.45) is 2.89. The highest BCUT2D eigenvalue weighted by Gasteiger charge is 2.21. The number of phenolic OH excluding ortho intramolecular Hbond substituents is 1. The minimum Gasteiger partial charge on any atom is -0.508 e. The largest absolute Gasteiger partial charge is 0.508 e. The van der Waals surface area contributed by atoms with Gasteiger partial charge in [0.05, 0.1) is 11.4 Å². The predicted octanol–water partition coefficient (Wildman–Crippen LogP) is 5.56. The van der Waals surface area contributed by atoms with Crippen molar-refractivity contribution >= 4 is 17.5 Å². The minimum atomic E-state index is -0.998. The fourth-order valence-electron chi connectivity index (χ4n) is 4.10. The maximum atomic E-state index is 11.8. The lowest BCUT2D eigenvalue weighted by Crippen LogP contribution is -2.23. The van der Waals surface area contributed by atoms with Gasteiger partial charge in [-0.15, -0.1) is 0 Å². The van der Waals surface area contributed by atoms with Crippen LogP contribution in [0.25, 0.3) is 0 Å². The lowest BCUT2D eigenvalue weighted by atomic mass is 9.80. The zero-order valence-electron chi connectivity index (χ0n) is 15.6. The first-order valence-electron chi connectivity index (χ1n) is 9.58. The van der Waals surface area contributed by atoms with E-state index in [0.717, 1.165) is 31.2 Å². The molecule has 4 heteroatoms. The summed E-state index contributed by atoms with van der Waals surface area (Å²) in [6.45, 7) is 0. The van der Waals surface area contributed by atoms with E-state index in [4.69, 9.17) is 0 Å². The Labute approximate surface area is 164 Å². The normalized spacial score (nSPS) is 15.6. The molecule has 2 N–H and O–H groups in total. The number of hydrogen-bond acceptors (Lipinski definition) is 2. The van der Waals surface area contributed by atoms with Crippen molar-refractivity contribution in [2.24, 2.45) is 5.92 Å². The molecule has 0 radical (unpaired) electrons. The number of carboxylic acid groups (broad SMARTS) is 1. The standard InChI is InChI=1S/C24H23NO3/c26-23-8-4-5-19-16-18(11-14-22(19)23)15-17-9-12-21(13-10-17)25(24(27)28)20-6-2-1-3-7-20/h1-10,12-13,18,26H,11,14-16H2,(H,27,28). The number of rotatable bonds is 4. The fraction of sp³-hybridized carbons (Fsp3) is 0.208. The molecule has 0 aromatic heterocycles. The van der Waals surface area contributed by atoms with Crippen LogP contribution in [0.5, 0.6) is 5.75 Å². The van der Waals surface area contributed by atoms with Gasteiger partial charge >= 0.3 is 6.09 Å². The number of anilines is 2. The highest BCUT2D eigenvalue weighted by atomic mass is 16.4. The number of hydrogen-bond donors (Lipinski definition) is 2. The average Bonchev–Trinajstić information content (AvgIpc) is 2.70. The van der Waals surface area contributed by atoms with Crippen LogP contribution in [0, 0.1) is 5.92 Å². The minimum absolute atomic E-state index is 0.412. The van der Waals surface area contributed by atoms with Crippen LogP contribution in [0.4, 0.5) is 16.2 Å². The third-order valence-corrected chi connectivity index (χ3v) is 5.48. The summed E-state index contributed by atoms with van der Waals surface area (Å²) in [6, 6.07) is 22.7. The van der Waals surface area contributed by atoms with Gasteiger partial charge in [0, 0.05) is 0 Å². The molecule has 1 unspecified atom stereocenters. The number of aromatic hydroxyl groups is 1. The SMILES string of the molecule is O=C(O)N(c1ccccc1)c1ccc(CC2CCc3c(O)cccc3C2)cc1. The molecule has 142 valence electrons. The molecule has 0 fully saturated rings. The zero-order valence-corrected chi connectivity index (χ0v) is 15.6. The van der Waals surface area contributed by atoms with E-state index in [0.29, 0.717) is 23.0 Å². The van der Waals surface area contributed by atoms with Gasteiger partial charge < -0.3 is 10.2 Å². The van der Waals surface area contributed by atoms with E-state index in [9.17, 15) is 15.0 Å². The molecule has 3 aromatic carbocycles. The molecule has 0 spiro atoms. The second kappa shape index (κ2) is 7.77. The van der Waals surface area contributed by atoms with Crippen molar-refractivity contribution in [3.8, 4) is 5.75 Å². The molecule has 28 heavy (non-hydrogen) atoms. The Morgan fingerprint density at radius 2 is 1.64 bits per heavy atom. The van der Waals surface area contributed by atoms with Crippen molar-refractivity contribution in [3.05, 3.63) is 89.5 Å². The van der Waals surface area contributed by atoms with E-state index in [1.165, 1.54) is 16.0 Å². The van der Waals surface area contributed by atoms with Crippen LogP contribution in [-0.4, -0.2) is 16.3 Å². The van der Waals surface area contributed by atoms with Crippen LogP contribution in [0.3, 0.4) is 0 Å². The number of fused-ring (bicyclic) bond motifs is 1. The van der Waals surface area contributed by atoms with Crippen molar-refractivity contribution in [1.29, 1.82) is 0 Å². The van der Waals surface area contributed by atoms with Gasteiger partial charge in [0.1, 0.15) is 5.75 Å². The Hall–Kier alpha value is -3.27. The summed E-state index contributed by atoms with van der Waals surface area (Å²) in [5.41, 5.74) is 4.81. The highest BCUT2D eigenvalue weighted by Crippen LogP contribution is 2.33. The summed E-state index contributed by atoms with van der Waals surface area (Å²) in [5.74, 6) is 0.944. The van der Waals surface area contributed by atoms with Crippen LogP contribution in [0.1, 0.15) is 23.1 Å². The van der Waals surface area contributed by atoms with Gasteiger partial charge in [-0.1, -0.05) is 42.5 Å². The molecule has 4 nitrogen and oxygen atoms in total. The number of nitrogens with zero attached hydrogens (tertiary/aromatic N) is 1. The van der Waals surface area contributed by atoms with Crippen molar-refractivity contribution in [3.63, 3.8) is 0 Å². The third kappa shape index (κ3) is 3.72. The topological polar surface area (TPSA) is 60.8 Å². The Morgan fingerprint density at radius 1 is 0.929 bits per heavy atom. The molecule has 1 aliphatic carbocycles. The number of phenols is 1. The molecule has 4 rings (SSSR count). The molecule has 1 aliphatic rings. The number of para-hydroxylation sites is 1. The van der Waals surface area contributed by atoms with Gasteiger partial charge in [0.15, 0.2) is 0 Å². The Bertz CT molecular complexity index is 967. The van der Waals surface area contributed by atoms with E-state index in [1.807, 2.05) is 48.5 Å². The number of amides is 1. The lowest BCUT2D eigenvalue weighted by molar-refractivity contribution is 0.205. The van der Waals surface area contributed by atoms with E-state index < -0.39 is 6.09 Å². The maximum absolute atomic E-state index is 11.8.